The lowest BCUT2D eigenvalue weighted by Crippen LogP contribution is -1.89. The summed E-state index contributed by atoms with van der Waals surface area (Å²) < 4.78 is 0. The summed E-state index contributed by atoms with van der Waals surface area (Å²) in [4.78, 5) is 0. The molecule has 1 aromatic rings. The van der Waals surface area contributed by atoms with E-state index in [4.69, 9.17) is 0 Å². The number of hydrogen-bond acceptors (Lipinski definition) is 2. The first-order chi connectivity index (χ1) is 6.09. The molecule has 0 spiro atoms. The van der Waals surface area contributed by atoms with Crippen molar-refractivity contribution in [1.82, 2.24) is 0 Å². The van der Waals surface area contributed by atoms with Crippen molar-refractivity contribution in [3.8, 4) is 5.75 Å². The molecular weight excluding hydrogens is 180 g/mol. The van der Waals surface area contributed by atoms with Gasteiger partial charge in [0.15, 0.2) is 0 Å². The van der Waals surface area contributed by atoms with Crippen molar-refractivity contribution < 1.29 is 5.11 Å². The van der Waals surface area contributed by atoms with Crippen LogP contribution < -0.4 is 0 Å². The predicted octanol–water partition coefficient (Wildman–Crippen LogP) is 3.34. The summed E-state index contributed by atoms with van der Waals surface area (Å²) >= 11 is 1.84. The Morgan fingerprint density at radius 3 is 2.62 bits per heavy atom. The molecule has 1 rings (SSSR count). The molecule has 72 valence electrons. The first-order valence-electron chi connectivity index (χ1n) is 4.49. The van der Waals surface area contributed by atoms with E-state index in [1.54, 1.807) is 0 Å². The maximum atomic E-state index is 9.59. The zero-order valence-corrected chi connectivity index (χ0v) is 9.19. The van der Waals surface area contributed by atoms with Crippen LogP contribution in [0.15, 0.2) is 18.2 Å². The lowest BCUT2D eigenvalue weighted by molar-refractivity contribution is 0.470. The maximum absolute atomic E-state index is 9.59. The lowest BCUT2D eigenvalue weighted by Gasteiger charge is -2.07. The Balaban J connectivity index is 2.67. The zero-order valence-electron chi connectivity index (χ0n) is 8.37. The Morgan fingerprint density at radius 1 is 1.38 bits per heavy atom. The average Bonchev–Trinajstić information content (AvgIpc) is 2.02. The highest BCUT2D eigenvalue weighted by Gasteiger charge is 2.02. The second-order valence-corrected chi connectivity index (χ2v) is 5.06. The SMILES string of the molecule is Cc1ccc(CSC(C)C)c(O)c1. The molecule has 0 atom stereocenters. The number of phenols is 1. The molecule has 1 aromatic carbocycles. The van der Waals surface area contributed by atoms with Gasteiger partial charge in [0.2, 0.25) is 0 Å². The number of phenolic OH excluding ortho intramolecular Hbond substituents is 1. The van der Waals surface area contributed by atoms with Crippen LogP contribution in [0.2, 0.25) is 0 Å². The van der Waals surface area contributed by atoms with Crippen molar-refractivity contribution in [3.05, 3.63) is 29.3 Å². The van der Waals surface area contributed by atoms with E-state index in [9.17, 15) is 5.11 Å². The highest BCUT2D eigenvalue weighted by atomic mass is 32.2. The van der Waals surface area contributed by atoms with Gasteiger partial charge in [-0.05, 0) is 23.8 Å². The number of benzene rings is 1. The Morgan fingerprint density at radius 2 is 2.08 bits per heavy atom. The average molecular weight is 196 g/mol. The summed E-state index contributed by atoms with van der Waals surface area (Å²) in [6.45, 7) is 6.31. The molecule has 0 saturated carbocycles. The minimum atomic E-state index is 0.424. The minimum absolute atomic E-state index is 0.424. The van der Waals surface area contributed by atoms with Crippen molar-refractivity contribution in [3.63, 3.8) is 0 Å². The number of aromatic hydroxyl groups is 1. The van der Waals surface area contributed by atoms with Gasteiger partial charge < -0.3 is 5.11 Å². The normalized spacial score (nSPS) is 10.8. The van der Waals surface area contributed by atoms with Crippen molar-refractivity contribution in [1.29, 1.82) is 0 Å². The highest BCUT2D eigenvalue weighted by Crippen LogP contribution is 2.25. The monoisotopic (exact) mass is 196 g/mol. The van der Waals surface area contributed by atoms with Crippen LogP contribution in [-0.4, -0.2) is 10.4 Å². The van der Waals surface area contributed by atoms with Gasteiger partial charge in [-0.25, -0.2) is 0 Å². The third kappa shape index (κ3) is 3.31. The summed E-state index contributed by atoms with van der Waals surface area (Å²) in [7, 11) is 0. The Bertz CT molecular complexity index is 281. The van der Waals surface area contributed by atoms with Gasteiger partial charge in [-0.2, -0.15) is 11.8 Å². The van der Waals surface area contributed by atoms with Crippen molar-refractivity contribution in [2.75, 3.05) is 0 Å². The molecule has 0 heterocycles. The smallest absolute Gasteiger partial charge is 0.119 e. The summed E-state index contributed by atoms with van der Waals surface area (Å²) in [6, 6.07) is 5.85. The highest BCUT2D eigenvalue weighted by molar-refractivity contribution is 7.99. The van der Waals surface area contributed by atoms with E-state index in [0.717, 1.165) is 16.9 Å². The number of hydrogen-bond donors (Lipinski definition) is 1. The fourth-order valence-corrected chi connectivity index (χ4v) is 1.81. The molecule has 0 fully saturated rings. The van der Waals surface area contributed by atoms with Crippen LogP contribution in [0.25, 0.3) is 0 Å². The van der Waals surface area contributed by atoms with Crippen molar-refractivity contribution in [2.45, 2.75) is 31.8 Å². The molecule has 0 aromatic heterocycles. The molecule has 0 unspecified atom stereocenters. The molecule has 2 heteroatoms. The fourth-order valence-electron chi connectivity index (χ4n) is 1.05. The lowest BCUT2D eigenvalue weighted by atomic mass is 10.1. The van der Waals surface area contributed by atoms with Crippen LogP contribution >= 0.6 is 11.8 Å². The van der Waals surface area contributed by atoms with Crippen LogP contribution in [0.4, 0.5) is 0 Å². The third-order valence-corrected chi connectivity index (χ3v) is 2.96. The number of aryl methyl sites for hydroxylation is 1. The minimum Gasteiger partial charge on any atom is -0.508 e. The summed E-state index contributed by atoms with van der Waals surface area (Å²) in [5.74, 6) is 1.32. The van der Waals surface area contributed by atoms with E-state index in [-0.39, 0.29) is 0 Å². The molecule has 13 heavy (non-hydrogen) atoms. The van der Waals surface area contributed by atoms with E-state index in [1.165, 1.54) is 0 Å². The van der Waals surface area contributed by atoms with E-state index in [2.05, 4.69) is 13.8 Å². The van der Waals surface area contributed by atoms with Crippen molar-refractivity contribution in [2.24, 2.45) is 0 Å². The number of rotatable bonds is 3. The van der Waals surface area contributed by atoms with Gasteiger partial charge in [0.05, 0.1) is 0 Å². The van der Waals surface area contributed by atoms with E-state index in [0.29, 0.717) is 11.0 Å². The standard InChI is InChI=1S/C11H16OS/c1-8(2)13-7-10-5-4-9(3)6-11(10)12/h4-6,8,12H,7H2,1-3H3. The van der Waals surface area contributed by atoms with Crippen LogP contribution in [0, 0.1) is 6.92 Å². The molecule has 0 aliphatic carbocycles. The molecule has 0 amide bonds. The topological polar surface area (TPSA) is 20.2 Å². The first kappa shape index (κ1) is 10.5. The van der Waals surface area contributed by atoms with Crippen LogP contribution in [0.3, 0.4) is 0 Å². The van der Waals surface area contributed by atoms with Gasteiger partial charge in [0.25, 0.3) is 0 Å². The molecule has 0 aliphatic heterocycles. The summed E-state index contributed by atoms with van der Waals surface area (Å²) in [6.07, 6.45) is 0. The second-order valence-electron chi connectivity index (χ2n) is 3.49. The number of thioether (sulfide) groups is 1. The quantitative estimate of drug-likeness (QED) is 0.800. The molecule has 1 N–H and O–H groups in total. The Kier molecular flexibility index (Phi) is 3.67. The maximum Gasteiger partial charge on any atom is 0.119 e. The molecule has 0 radical (unpaired) electrons. The van der Waals surface area contributed by atoms with Gasteiger partial charge in [-0.1, -0.05) is 26.0 Å². The summed E-state index contributed by atoms with van der Waals surface area (Å²) in [5.41, 5.74) is 2.14. The Hall–Kier alpha value is -0.630. The van der Waals surface area contributed by atoms with E-state index in [1.807, 2.05) is 36.9 Å². The second kappa shape index (κ2) is 4.56. The van der Waals surface area contributed by atoms with Gasteiger partial charge in [-0.3, -0.25) is 0 Å². The van der Waals surface area contributed by atoms with Crippen LogP contribution in [0.1, 0.15) is 25.0 Å². The van der Waals surface area contributed by atoms with E-state index >= 15 is 0 Å². The molecular formula is C11H16OS. The van der Waals surface area contributed by atoms with Crippen molar-refractivity contribution >= 4 is 11.8 Å². The summed E-state index contributed by atoms with van der Waals surface area (Å²) in [5, 5.41) is 10.2. The Labute approximate surface area is 84.2 Å². The van der Waals surface area contributed by atoms with Gasteiger partial charge in [0.1, 0.15) is 5.75 Å². The third-order valence-electron chi connectivity index (χ3n) is 1.81. The van der Waals surface area contributed by atoms with Gasteiger partial charge in [0, 0.05) is 11.3 Å². The predicted molar refractivity (Wildman–Crippen MR) is 59.3 cm³/mol. The van der Waals surface area contributed by atoms with Gasteiger partial charge >= 0.3 is 0 Å². The first-order valence-corrected chi connectivity index (χ1v) is 5.54. The van der Waals surface area contributed by atoms with Crippen LogP contribution in [0.5, 0.6) is 5.75 Å². The molecule has 1 nitrogen and oxygen atoms in total. The van der Waals surface area contributed by atoms with Crippen LogP contribution in [-0.2, 0) is 5.75 Å². The molecule has 0 saturated heterocycles. The largest absolute Gasteiger partial charge is 0.508 e. The molecule has 0 aliphatic rings. The molecule has 0 bridgehead atoms. The van der Waals surface area contributed by atoms with Gasteiger partial charge in [-0.15, -0.1) is 0 Å². The zero-order chi connectivity index (χ0) is 9.84. The van der Waals surface area contributed by atoms with E-state index < -0.39 is 0 Å². The fraction of sp³-hybridized carbons (Fsp3) is 0.455.